The van der Waals surface area contributed by atoms with Crippen molar-refractivity contribution in [3.05, 3.63) is 94.5 Å². The number of methoxy groups -OCH3 is 1. The van der Waals surface area contributed by atoms with Crippen LogP contribution >= 0.6 is 0 Å². The molecule has 0 bridgehead atoms. The largest absolute Gasteiger partial charge is 0.496 e. The summed E-state index contributed by atoms with van der Waals surface area (Å²) in [7, 11) is 0.858. The van der Waals surface area contributed by atoms with E-state index in [1.165, 1.54) is 11.1 Å². The molecule has 204 valence electrons. The molecule has 2 aliphatic rings. The molecule has 0 spiro atoms. The summed E-state index contributed by atoms with van der Waals surface area (Å²) < 4.78 is 23.8. The van der Waals surface area contributed by atoms with Gasteiger partial charge in [0.15, 0.2) is 0 Å². The van der Waals surface area contributed by atoms with Crippen molar-refractivity contribution in [1.82, 2.24) is 5.32 Å². The van der Waals surface area contributed by atoms with Gasteiger partial charge in [-0.2, -0.15) is 5.26 Å². The van der Waals surface area contributed by atoms with Gasteiger partial charge in [-0.25, -0.2) is 4.79 Å². The number of nitrogens with one attached hydrogen (secondary N) is 1. The van der Waals surface area contributed by atoms with E-state index >= 15 is 0 Å². The minimum absolute atomic E-state index is 0.0331. The van der Waals surface area contributed by atoms with Gasteiger partial charge in [-0.3, -0.25) is 0 Å². The van der Waals surface area contributed by atoms with Crippen LogP contribution in [0.2, 0.25) is 0 Å². The Hall–Kier alpha value is -4.06. The third-order valence-electron chi connectivity index (χ3n) is 8.04. The molecule has 1 aliphatic heterocycles. The standard InChI is InChI=1S/C32H33BN2O5/c1-31(2)32(3,4)40-33(39-31)23(17-22-16-21(18-34)14-15-29(22)37-5)19-35-30(36)38-20-28-26-12-8-6-10-24(26)25-11-7-9-13-27(25)28/h6-17,28H,19-20H2,1-5H3,(H,35,36). The fourth-order valence-electron chi connectivity index (χ4n) is 5.14. The molecule has 1 heterocycles. The fourth-order valence-corrected chi connectivity index (χ4v) is 5.14. The van der Waals surface area contributed by atoms with Gasteiger partial charge in [-0.1, -0.05) is 54.6 Å². The number of hydrogen-bond acceptors (Lipinski definition) is 6. The quantitative estimate of drug-likeness (QED) is 0.366. The van der Waals surface area contributed by atoms with E-state index in [0.29, 0.717) is 22.3 Å². The van der Waals surface area contributed by atoms with Crippen LogP contribution in [0.4, 0.5) is 4.79 Å². The number of hydrogen-bond donors (Lipinski definition) is 1. The summed E-state index contributed by atoms with van der Waals surface area (Å²) >= 11 is 0. The van der Waals surface area contributed by atoms with Crippen molar-refractivity contribution in [2.24, 2.45) is 0 Å². The average Bonchev–Trinajstić information content (AvgIpc) is 3.38. The summed E-state index contributed by atoms with van der Waals surface area (Å²) in [6, 6.07) is 23.8. The van der Waals surface area contributed by atoms with Gasteiger partial charge in [0, 0.05) is 18.0 Å². The van der Waals surface area contributed by atoms with Crippen molar-refractivity contribution >= 4 is 19.3 Å². The van der Waals surface area contributed by atoms with Crippen molar-refractivity contribution in [3.63, 3.8) is 0 Å². The fraction of sp³-hybridized carbons (Fsp3) is 0.312. The van der Waals surface area contributed by atoms with E-state index < -0.39 is 24.4 Å². The summed E-state index contributed by atoms with van der Waals surface area (Å²) in [6.45, 7) is 8.22. The lowest BCUT2D eigenvalue weighted by molar-refractivity contribution is 0.00578. The van der Waals surface area contributed by atoms with Gasteiger partial charge >= 0.3 is 13.2 Å². The van der Waals surface area contributed by atoms with Crippen LogP contribution in [0, 0.1) is 11.3 Å². The van der Waals surface area contributed by atoms with Crippen molar-refractivity contribution < 1.29 is 23.6 Å². The highest BCUT2D eigenvalue weighted by molar-refractivity contribution is 6.56. The van der Waals surface area contributed by atoms with Crippen LogP contribution in [-0.4, -0.2) is 44.7 Å². The third kappa shape index (κ3) is 5.23. The van der Waals surface area contributed by atoms with E-state index in [9.17, 15) is 10.1 Å². The maximum atomic E-state index is 13.0. The topological polar surface area (TPSA) is 89.8 Å². The molecule has 0 aromatic heterocycles. The number of fused-ring (bicyclic) bond motifs is 3. The molecule has 5 rings (SSSR count). The first-order valence-corrected chi connectivity index (χ1v) is 13.4. The van der Waals surface area contributed by atoms with Crippen molar-refractivity contribution in [3.8, 4) is 22.9 Å². The number of alkyl carbamates (subject to hydrolysis) is 1. The number of ether oxygens (including phenoxy) is 2. The molecule has 3 aromatic rings. The number of nitriles is 1. The average molecular weight is 536 g/mol. The molecule has 1 saturated heterocycles. The Labute approximate surface area is 235 Å². The molecule has 7 nitrogen and oxygen atoms in total. The van der Waals surface area contributed by atoms with Crippen molar-refractivity contribution in [2.45, 2.75) is 44.8 Å². The summed E-state index contributed by atoms with van der Waals surface area (Å²) in [5, 5.41) is 12.3. The number of amides is 1. The molecular weight excluding hydrogens is 503 g/mol. The second-order valence-electron chi connectivity index (χ2n) is 11.1. The van der Waals surface area contributed by atoms with Crippen LogP contribution in [0.15, 0.2) is 72.2 Å². The first-order chi connectivity index (χ1) is 19.1. The van der Waals surface area contributed by atoms with Gasteiger partial charge in [0.25, 0.3) is 0 Å². The monoisotopic (exact) mass is 536 g/mol. The van der Waals surface area contributed by atoms with E-state index in [1.54, 1.807) is 25.3 Å². The van der Waals surface area contributed by atoms with Crippen LogP contribution in [-0.2, 0) is 14.0 Å². The highest BCUT2D eigenvalue weighted by Crippen LogP contribution is 2.44. The van der Waals surface area contributed by atoms with Gasteiger partial charge < -0.3 is 24.1 Å². The van der Waals surface area contributed by atoms with E-state index in [-0.39, 0.29) is 19.1 Å². The Morgan fingerprint density at radius 3 is 2.17 bits per heavy atom. The van der Waals surface area contributed by atoms with Gasteiger partial charge in [-0.15, -0.1) is 0 Å². The molecule has 1 N–H and O–H groups in total. The van der Waals surface area contributed by atoms with Crippen LogP contribution in [0.25, 0.3) is 17.2 Å². The summed E-state index contributed by atoms with van der Waals surface area (Å²) in [6.07, 6.45) is 1.30. The zero-order valence-corrected chi connectivity index (χ0v) is 23.5. The summed E-state index contributed by atoms with van der Waals surface area (Å²) in [4.78, 5) is 13.0. The molecule has 3 aromatic carbocycles. The Balaban J connectivity index is 1.34. The minimum atomic E-state index is -0.714. The SMILES string of the molecule is COc1ccc(C#N)cc1C=C(CNC(=O)OCC1c2ccccc2-c2ccccc21)B1OC(C)(C)C(C)(C)O1. The Kier molecular flexibility index (Phi) is 7.46. The minimum Gasteiger partial charge on any atom is -0.496 e. The molecule has 0 unspecified atom stereocenters. The van der Waals surface area contributed by atoms with E-state index in [1.807, 2.05) is 58.0 Å². The second kappa shape index (κ2) is 10.8. The van der Waals surface area contributed by atoms with E-state index in [4.69, 9.17) is 18.8 Å². The molecule has 0 radical (unpaired) electrons. The number of rotatable bonds is 7. The van der Waals surface area contributed by atoms with Crippen LogP contribution in [0.3, 0.4) is 0 Å². The molecular formula is C32H33BN2O5. The third-order valence-corrected chi connectivity index (χ3v) is 8.04. The Morgan fingerprint density at radius 2 is 1.60 bits per heavy atom. The van der Waals surface area contributed by atoms with Crippen LogP contribution in [0.5, 0.6) is 5.75 Å². The number of benzene rings is 3. The highest BCUT2D eigenvalue weighted by Gasteiger charge is 2.52. The summed E-state index contributed by atoms with van der Waals surface area (Å²) in [5.41, 5.74) is 5.35. The molecule has 1 fully saturated rings. The van der Waals surface area contributed by atoms with Gasteiger partial charge in [0.2, 0.25) is 0 Å². The predicted molar refractivity (Wildman–Crippen MR) is 155 cm³/mol. The van der Waals surface area contributed by atoms with Crippen molar-refractivity contribution in [2.75, 3.05) is 20.3 Å². The smallest absolute Gasteiger partial charge is 0.492 e. The normalized spacial score (nSPS) is 17.1. The number of carbonyl (C=O) groups is 1. The zero-order chi connectivity index (χ0) is 28.5. The van der Waals surface area contributed by atoms with Gasteiger partial charge in [0.1, 0.15) is 12.4 Å². The predicted octanol–water partition coefficient (Wildman–Crippen LogP) is 6.12. The molecule has 8 heteroatoms. The zero-order valence-electron chi connectivity index (χ0n) is 23.5. The number of carbonyl (C=O) groups excluding carboxylic acids is 1. The first-order valence-electron chi connectivity index (χ1n) is 13.4. The van der Waals surface area contributed by atoms with E-state index in [2.05, 4.69) is 35.7 Å². The molecule has 0 saturated carbocycles. The maximum absolute atomic E-state index is 13.0. The first kappa shape index (κ1) is 27.5. The Morgan fingerprint density at radius 1 is 1.00 bits per heavy atom. The van der Waals surface area contributed by atoms with E-state index in [0.717, 1.165) is 11.1 Å². The summed E-state index contributed by atoms with van der Waals surface area (Å²) in [5.74, 6) is 0.559. The van der Waals surface area contributed by atoms with Crippen LogP contribution < -0.4 is 10.1 Å². The van der Waals surface area contributed by atoms with Crippen LogP contribution in [0.1, 0.15) is 55.9 Å². The lowest BCUT2D eigenvalue weighted by Crippen LogP contribution is -2.41. The van der Waals surface area contributed by atoms with Gasteiger partial charge in [-0.05, 0) is 73.6 Å². The highest BCUT2D eigenvalue weighted by atomic mass is 16.7. The molecule has 1 amide bonds. The lowest BCUT2D eigenvalue weighted by atomic mass is 9.77. The van der Waals surface area contributed by atoms with Crippen molar-refractivity contribution in [1.29, 1.82) is 5.26 Å². The van der Waals surface area contributed by atoms with Gasteiger partial charge in [0.05, 0.1) is 29.9 Å². The maximum Gasteiger partial charge on any atom is 0.492 e. The molecule has 40 heavy (non-hydrogen) atoms. The molecule has 1 aliphatic carbocycles. The number of nitrogens with zero attached hydrogens (tertiary/aromatic N) is 1. The second-order valence-corrected chi connectivity index (χ2v) is 11.1. The lowest BCUT2D eigenvalue weighted by Gasteiger charge is -2.32. The molecule has 0 atom stereocenters. The Bertz CT molecular complexity index is 1450.